The molecule has 0 unspecified atom stereocenters. The van der Waals surface area contributed by atoms with Crippen molar-refractivity contribution in [1.82, 2.24) is 0 Å². The molecule has 0 aliphatic heterocycles. The molecular weight excluding hydrogens is 90.9 g/mol. The van der Waals surface area contributed by atoms with E-state index in [1.807, 2.05) is 6.92 Å². The molecule has 0 aliphatic carbocycles. The number of hydrogen-bond donors (Lipinski definition) is 0. The van der Waals surface area contributed by atoms with Crippen LogP contribution in [-0.2, 0) is 9.36 Å². The van der Waals surface area contributed by atoms with Crippen LogP contribution in [0.2, 0.25) is 0 Å². The molecule has 38 valence electrons. The summed E-state index contributed by atoms with van der Waals surface area (Å²) in [5.74, 6) is 0. The van der Waals surface area contributed by atoms with E-state index >= 15 is 0 Å². The topological polar surface area (TPSA) is 26.3 Å². The molecule has 0 radical (unpaired) electrons. The Morgan fingerprint density at radius 2 is 2.57 bits per heavy atom. The maximum absolute atomic E-state index is 9.41. The van der Waals surface area contributed by atoms with Gasteiger partial charge < -0.3 is 0 Å². The Kier molecular flexibility index (Phi) is 4.95. The molecule has 0 saturated carbocycles. The zero-order valence-corrected chi connectivity index (χ0v) is 4.26. The van der Waals surface area contributed by atoms with E-state index in [1.165, 1.54) is 6.26 Å². The fourth-order valence-electron chi connectivity index (χ4n) is 0.184. The van der Waals surface area contributed by atoms with Gasteiger partial charge in [0, 0.05) is 0 Å². The van der Waals surface area contributed by atoms with Crippen LogP contribution in [0, 0.1) is 0 Å². The summed E-state index contributed by atoms with van der Waals surface area (Å²) in [7, 11) is 0.395. The van der Waals surface area contributed by atoms with Gasteiger partial charge in [-0.05, 0) is 0 Å². The first-order chi connectivity index (χ1) is 3.41. The first-order valence-electron chi connectivity index (χ1n) is 2.16. The zero-order valence-electron chi connectivity index (χ0n) is 4.26. The maximum atomic E-state index is 9.41. The molecule has 0 bridgehead atoms. The molecule has 2 nitrogen and oxygen atoms in total. The summed E-state index contributed by atoms with van der Waals surface area (Å²) in [5, 5.41) is 0. The SMILES string of the molecule is CCC=COB=O. The quantitative estimate of drug-likeness (QED) is 0.387. The van der Waals surface area contributed by atoms with Gasteiger partial charge >= 0.3 is 42.4 Å². The summed E-state index contributed by atoms with van der Waals surface area (Å²) < 4.78 is 13.6. The van der Waals surface area contributed by atoms with Crippen molar-refractivity contribution in [2.24, 2.45) is 0 Å². The number of rotatable bonds is 3. The van der Waals surface area contributed by atoms with Crippen molar-refractivity contribution in [3.05, 3.63) is 12.3 Å². The molecule has 3 heteroatoms. The third kappa shape index (κ3) is 5.40. The molecule has 7 heavy (non-hydrogen) atoms. The van der Waals surface area contributed by atoms with Gasteiger partial charge in [0.2, 0.25) is 0 Å². The van der Waals surface area contributed by atoms with E-state index in [4.69, 9.17) is 0 Å². The molecule has 0 amide bonds. The average molecular weight is 97.9 g/mol. The van der Waals surface area contributed by atoms with Crippen LogP contribution in [0.15, 0.2) is 12.3 Å². The van der Waals surface area contributed by atoms with Crippen molar-refractivity contribution < 1.29 is 9.36 Å². The van der Waals surface area contributed by atoms with E-state index in [2.05, 4.69) is 4.65 Å². The van der Waals surface area contributed by atoms with E-state index in [0.29, 0.717) is 7.35 Å². The van der Waals surface area contributed by atoms with E-state index in [-0.39, 0.29) is 0 Å². The molecule has 0 aliphatic rings. The van der Waals surface area contributed by atoms with Gasteiger partial charge in [-0.3, -0.25) is 0 Å². The van der Waals surface area contributed by atoms with Gasteiger partial charge in [0.05, 0.1) is 0 Å². The third-order valence-corrected chi connectivity index (χ3v) is 0.466. The summed E-state index contributed by atoms with van der Waals surface area (Å²) >= 11 is 0. The fraction of sp³-hybridized carbons (Fsp3) is 0.500. The van der Waals surface area contributed by atoms with Crippen LogP contribution in [-0.4, -0.2) is 7.35 Å². The average Bonchev–Trinajstić information content (AvgIpc) is 1.69. The number of hydrogen-bond acceptors (Lipinski definition) is 2. The van der Waals surface area contributed by atoms with Crippen LogP contribution in [0.25, 0.3) is 0 Å². The number of allylic oxidation sites excluding steroid dienone is 1. The van der Waals surface area contributed by atoms with Crippen molar-refractivity contribution in [3.63, 3.8) is 0 Å². The van der Waals surface area contributed by atoms with Gasteiger partial charge in [-0.15, -0.1) is 0 Å². The molecule has 0 N–H and O–H groups in total. The Morgan fingerprint density at radius 1 is 1.86 bits per heavy atom. The molecule has 0 fully saturated rings. The van der Waals surface area contributed by atoms with Crippen molar-refractivity contribution in [1.29, 1.82) is 0 Å². The molecule has 0 heterocycles. The molecule has 0 atom stereocenters. The summed E-state index contributed by atoms with van der Waals surface area (Å²) in [6.45, 7) is 1.96. The normalized spacial score (nSPS) is 8.71. The van der Waals surface area contributed by atoms with Crippen molar-refractivity contribution in [2.75, 3.05) is 0 Å². The van der Waals surface area contributed by atoms with Gasteiger partial charge in [0.1, 0.15) is 0 Å². The van der Waals surface area contributed by atoms with Gasteiger partial charge in [0.15, 0.2) is 0 Å². The van der Waals surface area contributed by atoms with Gasteiger partial charge in [-0.2, -0.15) is 0 Å². The monoisotopic (exact) mass is 98.1 g/mol. The van der Waals surface area contributed by atoms with Crippen molar-refractivity contribution in [2.45, 2.75) is 13.3 Å². The fourth-order valence-corrected chi connectivity index (χ4v) is 0.184. The third-order valence-electron chi connectivity index (χ3n) is 0.466. The second kappa shape index (κ2) is 5.40. The van der Waals surface area contributed by atoms with Crippen LogP contribution in [0.3, 0.4) is 0 Å². The van der Waals surface area contributed by atoms with Crippen molar-refractivity contribution >= 4 is 7.35 Å². The summed E-state index contributed by atoms with van der Waals surface area (Å²) in [5.41, 5.74) is 0. The first-order valence-corrected chi connectivity index (χ1v) is 2.16. The molecule has 0 aromatic heterocycles. The molecule has 0 rings (SSSR count). The van der Waals surface area contributed by atoms with Crippen molar-refractivity contribution in [3.8, 4) is 0 Å². The molecule has 0 aromatic carbocycles. The molecular formula is C4H7BO2. The summed E-state index contributed by atoms with van der Waals surface area (Å²) in [6.07, 6.45) is 4.02. The van der Waals surface area contributed by atoms with Gasteiger partial charge in [-0.1, -0.05) is 0 Å². The van der Waals surface area contributed by atoms with Crippen LogP contribution in [0.5, 0.6) is 0 Å². The Hall–Kier alpha value is -0.595. The van der Waals surface area contributed by atoms with E-state index in [0.717, 1.165) is 6.42 Å². The van der Waals surface area contributed by atoms with Gasteiger partial charge in [-0.25, -0.2) is 0 Å². The van der Waals surface area contributed by atoms with E-state index in [1.54, 1.807) is 6.08 Å². The molecule has 0 spiro atoms. The van der Waals surface area contributed by atoms with Crippen LogP contribution in [0.1, 0.15) is 13.3 Å². The van der Waals surface area contributed by atoms with Crippen LogP contribution >= 0.6 is 0 Å². The Bertz CT molecular complexity index is 70.1. The standard InChI is InChI=1S/C4H7BO2/c1-2-3-4-7-5-6/h3-4H,2H2,1H3. The Labute approximate surface area is 43.5 Å². The van der Waals surface area contributed by atoms with Gasteiger partial charge in [0.25, 0.3) is 0 Å². The second-order valence-corrected chi connectivity index (χ2v) is 1.01. The Balaban J connectivity index is 2.92. The summed E-state index contributed by atoms with van der Waals surface area (Å²) in [4.78, 5) is 0. The molecule has 0 saturated heterocycles. The minimum absolute atomic E-state index is 0.395. The van der Waals surface area contributed by atoms with E-state index in [9.17, 15) is 4.70 Å². The zero-order chi connectivity index (χ0) is 5.54. The predicted octanol–water partition coefficient (Wildman–Crippen LogP) is 0.891. The minimum atomic E-state index is 0.395. The van der Waals surface area contributed by atoms with E-state index < -0.39 is 0 Å². The Morgan fingerprint density at radius 3 is 3.00 bits per heavy atom. The summed E-state index contributed by atoms with van der Waals surface area (Å²) in [6, 6.07) is 0. The second-order valence-electron chi connectivity index (χ2n) is 1.01. The first kappa shape index (κ1) is 6.40. The van der Waals surface area contributed by atoms with Crippen LogP contribution < -0.4 is 0 Å². The molecule has 0 aromatic rings. The van der Waals surface area contributed by atoms with Crippen LogP contribution in [0.4, 0.5) is 0 Å². The predicted molar refractivity (Wildman–Crippen MR) is 27.0 cm³/mol.